The van der Waals surface area contributed by atoms with Gasteiger partial charge in [0.05, 0.1) is 5.52 Å². The van der Waals surface area contributed by atoms with E-state index in [1.54, 1.807) is 0 Å². The zero-order chi connectivity index (χ0) is 15.4. The van der Waals surface area contributed by atoms with Crippen molar-refractivity contribution in [2.24, 2.45) is 0 Å². The van der Waals surface area contributed by atoms with Crippen LogP contribution >= 0.6 is 0 Å². The van der Waals surface area contributed by atoms with Gasteiger partial charge in [-0.1, -0.05) is 30.3 Å². The van der Waals surface area contributed by atoms with Crippen molar-refractivity contribution in [2.45, 2.75) is 13.2 Å². The Morgan fingerprint density at radius 2 is 1.82 bits per heavy atom. The highest BCUT2D eigenvalue weighted by molar-refractivity contribution is 5.81. The maximum absolute atomic E-state index is 5.93. The quantitative estimate of drug-likeness (QED) is 0.688. The largest absolute Gasteiger partial charge is 0.489 e. The highest BCUT2D eigenvalue weighted by Gasteiger charge is 2.04. The van der Waals surface area contributed by atoms with E-state index in [1.807, 2.05) is 24.3 Å². The highest BCUT2D eigenvalue weighted by Crippen LogP contribution is 2.23. The summed E-state index contributed by atoms with van der Waals surface area (Å²) in [6, 6.07) is 18.7. The third kappa shape index (κ3) is 3.49. The monoisotopic (exact) mass is 294 g/mol. The van der Waals surface area contributed by atoms with Gasteiger partial charge < -0.3 is 14.2 Å². The first-order valence-electron chi connectivity index (χ1n) is 7.63. The molecule has 2 aromatic carbocycles. The molecule has 3 rings (SSSR count). The Labute approximate surface area is 131 Å². The smallest absolute Gasteiger partial charge is 0.121 e. The van der Waals surface area contributed by atoms with Crippen LogP contribution in [0, 0.1) is 0 Å². The minimum Gasteiger partial charge on any atom is -0.489 e. The number of aromatic nitrogens is 1. The molecule has 3 aromatic rings. The van der Waals surface area contributed by atoms with Crippen molar-refractivity contribution in [1.29, 1.82) is 0 Å². The average molecular weight is 294 g/mol. The Balaban J connectivity index is 1.75. The first-order chi connectivity index (χ1) is 10.7. The molecule has 0 saturated heterocycles. The molecule has 3 heteroatoms. The third-order valence-electron chi connectivity index (χ3n) is 3.78. The van der Waals surface area contributed by atoms with E-state index in [4.69, 9.17) is 4.74 Å². The van der Waals surface area contributed by atoms with Crippen LogP contribution < -0.4 is 4.74 Å². The molecule has 0 radical (unpaired) electrons. The lowest BCUT2D eigenvalue weighted by atomic mass is 10.2. The summed E-state index contributed by atoms with van der Waals surface area (Å²) in [4.78, 5) is 2.20. The van der Waals surface area contributed by atoms with Gasteiger partial charge in [0.1, 0.15) is 12.4 Å². The van der Waals surface area contributed by atoms with Crippen LogP contribution in [-0.4, -0.2) is 30.1 Å². The Kier molecular flexibility index (Phi) is 4.45. The number of likely N-dealkylation sites (N-methyl/N-ethyl adjacent to an activating group) is 1. The van der Waals surface area contributed by atoms with Crippen LogP contribution in [0.5, 0.6) is 5.75 Å². The summed E-state index contributed by atoms with van der Waals surface area (Å²) < 4.78 is 8.21. The van der Waals surface area contributed by atoms with Crippen molar-refractivity contribution in [3.8, 4) is 5.75 Å². The molecule has 0 spiro atoms. The number of benzene rings is 2. The van der Waals surface area contributed by atoms with E-state index in [2.05, 4.69) is 60.1 Å². The van der Waals surface area contributed by atoms with Crippen LogP contribution in [0.15, 0.2) is 60.8 Å². The first-order valence-corrected chi connectivity index (χ1v) is 7.63. The Bertz CT molecular complexity index is 732. The molecule has 0 fully saturated rings. The Morgan fingerprint density at radius 1 is 1.00 bits per heavy atom. The molecule has 3 nitrogen and oxygen atoms in total. The van der Waals surface area contributed by atoms with Crippen LogP contribution in [0.2, 0.25) is 0 Å². The molecule has 0 saturated carbocycles. The maximum Gasteiger partial charge on any atom is 0.121 e. The topological polar surface area (TPSA) is 17.4 Å². The summed E-state index contributed by atoms with van der Waals surface area (Å²) in [5, 5.41) is 1.26. The predicted molar refractivity (Wildman–Crippen MR) is 91.3 cm³/mol. The number of hydrogen-bond acceptors (Lipinski definition) is 2. The molecule has 0 bridgehead atoms. The minimum absolute atomic E-state index is 0.602. The van der Waals surface area contributed by atoms with Gasteiger partial charge in [-0.25, -0.2) is 0 Å². The number of rotatable bonds is 6. The molecule has 0 aliphatic heterocycles. The summed E-state index contributed by atoms with van der Waals surface area (Å²) in [6.45, 7) is 2.61. The third-order valence-corrected chi connectivity index (χ3v) is 3.78. The zero-order valence-electron chi connectivity index (χ0n) is 13.2. The number of fused-ring (bicyclic) bond motifs is 1. The molecule has 1 heterocycles. The van der Waals surface area contributed by atoms with Gasteiger partial charge in [-0.05, 0) is 43.2 Å². The SMILES string of the molecule is CN(C)CCn1ccc2ccc(OCc3ccccc3)cc21. The predicted octanol–water partition coefficient (Wildman–Crippen LogP) is 3.78. The van der Waals surface area contributed by atoms with Crippen molar-refractivity contribution in [1.82, 2.24) is 9.47 Å². The molecule has 0 aliphatic carbocycles. The molecule has 0 unspecified atom stereocenters. The number of ether oxygens (including phenoxy) is 1. The van der Waals surface area contributed by atoms with Gasteiger partial charge in [0.25, 0.3) is 0 Å². The van der Waals surface area contributed by atoms with E-state index >= 15 is 0 Å². The van der Waals surface area contributed by atoms with Gasteiger partial charge in [-0.2, -0.15) is 0 Å². The van der Waals surface area contributed by atoms with Crippen LogP contribution in [0.25, 0.3) is 10.9 Å². The van der Waals surface area contributed by atoms with Crippen molar-refractivity contribution < 1.29 is 4.74 Å². The standard InChI is InChI=1S/C19H22N2O/c1-20(2)12-13-21-11-10-17-8-9-18(14-19(17)21)22-15-16-6-4-3-5-7-16/h3-11,14H,12-13,15H2,1-2H3. The fourth-order valence-corrected chi connectivity index (χ4v) is 2.50. The van der Waals surface area contributed by atoms with Crippen LogP contribution in [-0.2, 0) is 13.2 Å². The number of hydrogen-bond donors (Lipinski definition) is 0. The van der Waals surface area contributed by atoms with Gasteiger partial charge in [0.2, 0.25) is 0 Å². The average Bonchev–Trinajstić information content (AvgIpc) is 2.94. The molecule has 0 aliphatic rings. The highest BCUT2D eigenvalue weighted by atomic mass is 16.5. The van der Waals surface area contributed by atoms with E-state index in [1.165, 1.54) is 16.5 Å². The normalized spacial score (nSPS) is 11.2. The minimum atomic E-state index is 0.602. The zero-order valence-corrected chi connectivity index (χ0v) is 13.2. The lowest BCUT2D eigenvalue weighted by Gasteiger charge is -2.12. The van der Waals surface area contributed by atoms with E-state index in [9.17, 15) is 0 Å². The van der Waals surface area contributed by atoms with Crippen molar-refractivity contribution >= 4 is 10.9 Å². The van der Waals surface area contributed by atoms with Gasteiger partial charge in [-0.3, -0.25) is 0 Å². The summed E-state index contributed by atoms with van der Waals surface area (Å²) in [7, 11) is 4.19. The second kappa shape index (κ2) is 6.67. The summed E-state index contributed by atoms with van der Waals surface area (Å²) in [5.41, 5.74) is 2.41. The fourth-order valence-electron chi connectivity index (χ4n) is 2.50. The summed E-state index contributed by atoms with van der Waals surface area (Å²) >= 11 is 0. The second-order valence-electron chi connectivity index (χ2n) is 5.81. The van der Waals surface area contributed by atoms with E-state index in [-0.39, 0.29) is 0 Å². The van der Waals surface area contributed by atoms with E-state index in [0.717, 1.165) is 18.8 Å². The summed E-state index contributed by atoms with van der Waals surface area (Å²) in [6.07, 6.45) is 2.15. The molecular formula is C19H22N2O. The molecular weight excluding hydrogens is 272 g/mol. The Morgan fingerprint density at radius 3 is 2.59 bits per heavy atom. The number of nitrogens with zero attached hydrogens (tertiary/aromatic N) is 2. The molecule has 22 heavy (non-hydrogen) atoms. The second-order valence-corrected chi connectivity index (χ2v) is 5.81. The molecule has 0 amide bonds. The molecule has 1 aromatic heterocycles. The summed E-state index contributed by atoms with van der Waals surface area (Å²) in [5.74, 6) is 0.918. The van der Waals surface area contributed by atoms with Crippen LogP contribution in [0.3, 0.4) is 0 Å². The van der Waals surface area contributed by atoms with Gasteiger partial charge >= 0.3 is 0 Å². The fraction of sp³-hybridized carbons (Fsp3) is 0.263. The first kappa shape index (κ1) is 14.7. The van der Waals surface area contributed by atoms with Gasteiger partial charge in [-0.15, -0.1) is 0 Å². The maximum atomic E-state index is 5.93. The lowest BCUT2D eigenvalue weighted by molar-refractivity contribution is 0.306. The van der Waals surface area contributed by atoms with Crippen LogP contribution in [0.4, 0.5) is 0 Å². The molecule has 0 N–H and O–H groups in total. The molecule has 114 valence electrons. The van der Waals surface area contributed by atoms with Gasteiger partial charge in [0.15, 0.2) is 0 Å². The van der Waals surface area contributed by atoms with E-state index < -0.39 is 0 Å². The Hall–Kier alpha value is -2.26. The van der Waals surface area contributed by atoms with Crippen molar-refractivity contribution in [3.63, 3.8) is 0 Å². The van der Waals surface area contributed by atoms with Crippen molar-refractivity contribution in [3.05, 3.63) is 66.4 Å². The molecule has 0 atom stereocenters. The van der Waals surface area contributed by atoms with Gasteiger partial charge in [0, 0.05) is 25.4 Å². The van der Waals surface area contributed by atoms with E-state index in [0.29, 0.717) is 6.61 Å². The lowest BCUT2D eigenvalue weighted by Crippen LogP contribution is -2.17. The van der Waals surface area contributed by atoms with Crippen LogP contribution in [0.1, 0.15) is 5.56 Å². The van der Waals surface area contributed by atoms with Crippen molar-refractivity contribution in [2.75, 3.05) is 20.6 Å².